The molecule has 6 heteroatoms. The van der Waals surface area contributed by atoms with Gasteiger partial charge in [-0.25, -0.2) is 13.8 Å². The molecule has 0 saturated heterocycles. The standard InChI is InChI=1S/C19H19F2N3O/c1-2-10-24-12-14(15-4-3-8-22-18(15)24)7-9-23-19(25)13-5-6-16(20)17(21)11-13/h3-6,8,11-12H,2,7,9-10H2,1H3,(H,23,25). The Morgan fingerprint density at radius 2 is 2.08 bits per heavy atom. The summed E-state index contributed by atoms with van der Waals surface area (Å²) in [5.41, 5.74) is 2.14. The summed E-state index contributed by atoms with van der Waals surface area (Å²) in [6, 6.07) is 7.03. The highest BCUT2D eigenvalue weighted by Gasteiger charge is 2.11. The van der Waals surface area contributed by atoms with E-state index in [0.717, 1.165) is 41.7 Å². The van der Waals surface area contributed by atoms with Crippen molar-refractivity contribution >= 4 is 16.9 Å². The minimum absolute atomic E-state index is 0.106. The Kier molecular flexibility index (Phi) is 5.07. The monoisotopic (exact) mass is 343 g/mol. The van der Waals surface area contributed by atoms with Crippen LogP contribution >= 0.6 is 0 Å². The van der Waals surface area contributed by atoms with E-state index in [1.165, 1.54) is 6.07 Å². The van der Waals surface area contributed by atoms with Crippen LogP contribution in [-0.4, -0.2) is 22.0 Å². The summed E-state index contributed by atoms with van der Waals surface area (Å²) in [4.78, 5) is 16.5. The zero-order chi connectivity index (χ0) is 17.8. The lowest BCUT2D eigenvalue weighted by molar-refractivity contribution is 0.0953. The van der Waals surface area contributed by atoms with Gasteiger partial charge in [0, 0.05) is 36.4 Å². The number of aryl methyl sites for hydroxylation is 1. The van der Waals surface area contributed by atoms with Crippen LogP contribution in [0.15, 0.2) is 42.7 Å². The molecule has 2 heterocycles. The molecule has 0 bridgehead atoms. The molecular weight excluding hydrogens is 324 g/mol. The second-order valence-corrected chi connectivity index (χ2v) is 5.86. The maximum atomic E-state index is 13.2. The third kappa shape index (κ3) is 3.68. The molecule has 0 aliphatic heterocycles. The quantitative estimate of drug-likeness (QED) is 0.742. The molecule has 4 nitrogen and oxygen atoms in total. The first kappa shape index (κ1) is 17.1. The third-order valence-electron chi connectivity index (χ3n) is 4.04. The molecule has 3 rings (SSSR count). The largest absolute Gasteiger partial charge is 0.352 e. The zero-order valence-corrected chi connectivity index (χ0v) is 13.9. The van der Waals surface area contributed by atoms with Crippen LogP contribution in [-0.2, 0) is 13.0 Å². The number of carbonyl (C=O) groups is 1. The lowest BCUT2D eigenvalue weighted by Gasteiger charge is -2.05. The van der Waals surface area contributed by atoms with Crippen molar-refractivity contribution in [3.63, 3.8) is 0 Å². The zero-order valence-electron chi connectivity index (χ0n) is 13.9. The molecule has 0 fully saturated rings. The number of pyridine rings is 1. The fourth-order valence-electron chi connectivity index (χ4n) is 2.86. The normalized spacial score (nSPS) is 11.0. The molecule has 0 aliphatic rings. The van der Waals surface area contributed by atoms with E-state index >= 15 is 0 Å². The van der Waals surface area contributed by atoms with Crippen LogP contribution in [0.5, 0.6) is 0 Å². The van der Waals surface area contributed by atoms with Gasteiger partial charge >= 0.3 is 0 Å². The van der Waals surface area contributed by atoms with Crippen molar-refractivity contribution in [3.05, 3.63) is 65.5 Å². The van der Waals surface area contributed by atoms with E-state index in [9.17, 15) is 13.6 Å². The Bertz CT molecular complexity index is 905. The molecule has 1 N–H and O–H groups in total. The van der Waals surface area contributed by atoms with Gasteiger partial charge in [0.05, 0.1) is 0 Å². The summed E-state index contributed by atoms with van der Waals surface area (Å²) in [5, 5.41) is 3.81. The van der Waals surface area contributed by atoms with Gasteiger partial charge in [-0.15, -0.1) is 0 Å². The molecule has 130 valence electrons. The number of rotatable bonds is 6. The predicted molar refractivity (Wildman–Crippen MR) is 92.4 cm³/mol. The molecule has 0 unspecified atom stereocenters. The Hall–Kier alpha value is -2.76. The first-order chi connectivity index (χ1) is 12.1. The number of halogens is 2. The summed E-state index contributed by atoms with van der Waals surface area (Å²) >= 11 is 0. The molecule has 0 spiro atoms. The predicted octanol–water partition coefficient (Wildman–Crippen LogP) is 3.70. The van der Waals surface area contributed by atoms with Gasteiger partial charge in [-0.1, -0.05) is 6.92 Å². The first-order valence-corrected chi connectivity index (χ1v) is 8.26. The van der Waals surface area contributed by atoms with E-state index in [4.69, 9.17) is 0 Å². The van der Waals surface area contributed by atoms with Gasteiger partial charge in [0.1, 0.15) is 5.65 Å². The second-order valence-electron chi connectivity index (χ2n) is 5.86. The van der Waals surface area contributed by atoms with Crippen molar-refractivity contribution in [1.82, 2.24) is 14.9 Å². The van der Waals surface area contributed by atoms with Crippen LogP contribution in [0.1, 0.15) is 29.3 Å². The summed E-state index contributed by atoms with van der Waals surface area (Å²) in [6.45, 7) is 3.39. The number of nitrogens with one attached hydrogen (secondary N) is 1. The summed E-state index contributed by atoms with van der Waals surface area (Å²) in [6.07, 6.45) is 5.47. The minimum atomic E-state index is -1.03. The number of carbonyl (C=O) groups excluding carboxylic acids is 1. The lowest BCUT2D eigenvalue weighted by atomic mass is 10.1. The highest BCUT2D eigenvalue weighted by atomic mass is 19.2. The van der Waals surface area contributed by atoms with Gasteiger partial charge < -0.3 is 9.88 Å². The van der Waals surface area contributed by atoms with Crippen LogP contribution < -0.4 is 5.32 Å². The highest BCUT2D eigenvalue weighted by Crippen LogP contribution is 2.20. The van der Waals surface area contributed by atoms with E-state index in [-0.39, 0.29) is 5.56 Å². The van der Waals surface area contributed by atoms with Gasteiger partial charge in [0.15, 0.2) is 11.6 Å². The van der Waals surface area contributed by atoms with Crippen molar-refractivity contribution in [2.24, 2.45) is 0 Å². The average molecular weight is 343 g/mol. The van der Waals surface area contributed by atoms with Gasteiger partial charge in [-0.3, -0.25) is 4.79 Å². The lowest BCUT2D eigenvalue weighted by Crippen LogP contribution is -2.25. The van der Waals surface area contributed by atoms with Crippen LogP contribution in [0.25, 0.3) is 11.0 Å². The minimum Gasteiger partial charge on any atom is -0.352 e. The highest BCUT2D eigenvalue weighted by molar-refractivity contribution is 5.94. The van der Waals surface area contributed by atoms with E-state index in [2.05, 4.69) is 28.0 Å². The van der Waals surface area contributed by atoms with Crippen LogP contribution in [0.2, 0.25) is 0 Å². The van der Waals surface area contributed by atoms with E-state index in [1.807, 2.05) is 12.1 Å². The van der Waals surface area contributed by atoms with Gasteiger partial charge in [-0.2, -0.15) is 0 Å². The molecule has 0 aliphatic carbocycles. The molecule has 2 aromatic heterocycles. The Morgan fingerprint density at radius 3 is 2.84 bits per heavy atom. The van der Waals surface area contributed by atoms with Crippen molar-refractivity contribution < 1.29 is 13.6 Å². The van der Waals surface area contributed by atoms with Crippen LogP contribution in [0, 0.1) is 11.6 Å². The van der Waals surface area contributed by atoms with Crippen molar-refractivity contribution in [2.45, 2.75) is 26.3 Å². The molecule has 0 radical (unpaired) electrons. The molecule has 0 atom stereocenters. The van der Waals surface area contributed by atoms with E-state index in [0.29, 0.717) is 13.0 Å². The SMILES string of the molecule is CCCn1cc(CCNC(=O)c2ccc(F)c(F)c2)c2cccnc21. The fraction of sp³-hybridized carbons (Fsp3) is 0.263. The number of fused-ring (bicyclic) bond motifs is 1. The van der Waals surface area contributed by atoms with Crippen molar-refractivity contribution in [1.29, 1.82) is 0 Å². The molecule has 3 aromatic rings. The molecule has 1 aromatic carbocycles. The van der Waals surface area contributed by atoms with Gasteiger partial charge in [0.2, 0.25) is 0 Å². The summed E-state index contributed by atoms with van der Waals surface area (Å²) in [5.74, 6) is -2.41. The maximum absolute atomic E-state index is 13.2. The number of nitrogens with zero attached hydrogens (tertiary/aromatic N) is 2. The van der Waals surface area contributed by atoms with E-state index in [1.54, 1.807) is 6.20 Å². The van der Waals surface area contributed by atoms with E-state index < -0.39 is 17.5 Å². The number of amides is 1. The van der Waals surface area contributed by atoms with Crippen LogP contribution in [0.3, 0.4) is 0 Å². The number of hydrogen-bond donors (Lipinski definition) is 1. The Labute approximate surface area is 144 Å². The number of hydrogen-bond acceptors (Lipinski definition) is 2. The summed E-state index contributed by atoms with van der Waals surface area (Å²) in [7, 11) is 0. The smallest absolute Gasteiger partial charge is 0.251 e. The fourth-order valence-corrected chi connectivity index (χ4v) is 2.86. The topological polar surface area (TPSA) is 46.9 Å². The van der Waals surface area contributed by atoms with Gasteiger partial charge in [0.25, 0.3) is 5.91 Å². The Morgan fingerprint density at radius 1 is 1.24 bits per heavy atom. The molecule has 1 amide bonds. The third-order valence-corrected chi connectivity index (χ3v) is 4.04. The van der Waals surface area contributed by atoms with Gasteiger partial charge in [-0.05, 0) is 48.7 Å². The van der Waals surface area contributed by atoms with Crippen LogP contribution in [0.4, 0.5) is 8.78 Å². The second kappa shape index (κ2) is 7.42. The average Bonchev–Trinajstić information content (AvgIpc) is 2.96. The molecule has 25 heavy (non-hydrogen) atoms. The molecular formula is C19H19F2N3O. The number of benzene rings is 1. The maximum Gasteiger partial charge on any atom is 0.251 e. The molecule has 0 saturated carbocycles. The van der Waals surface area contributed by atoms with Crippen molar-refractivity contribution in [2.75, 3.05) is 6.54 Å². The first-order valence-electron chi connectivity index (χ1n) is 8.26. The Balaban J connectivity index is 1.68. The summed E-state index contributed by atoms with van der Waals surface area (Å²) < 4.78 is 28.3. The van der Waals surface area contributed by atoms with Crippen molar-refractivity contribution in [3.8, 4) is 0 Å². The number of aromatic nitrogens is 2.